The molecule has 0 saturated heterocycles. The van der Waals surface area contributed by atoms with Crippen LogP contribution in [0.2, 0.25) is 0 Å². The predicted molar refractivity (Wildman–Crippen MR) is 50.8 cm³/mol. The minimum atomic E-state index is -5.15. The summed E-state index contributed by atoms with van der Waals surface area (Å²) in [4.78, 5) is 22.1. The monoisotopic (exact) mass is 266 g/mol. The Morgan fingerprint density at radius 1 is 1.44 bits per heavy atom. The fourth-order valence-corrected chi connectivity index (χ4v) is 1.01. The molecule has 100 valence electrons. The van der Waals surface area contributed by atoms with Crippen molar-refractivity contribution in [1.82, 2.24) is 10.5 Å². The molecular formula is C9H9F3N2O4. The van der Waals surface area contributed by atoms with E-state index >= 15 is 0 Å². The van der Waals surface area contributed by atoms with Crippen molar-refractivity contribution in [3.05, 3.63) is 17.5 Å². The normalized spacial score (nSPS) is 14.9. The van der Waals surface area contributed by atoms with Gasteiger partial charge in [-0.15, -0.1) is 0 Å². The summed E-state index contributed by atoms with van der Waals surface area (Å²) in [6.07, 6.45) is -5.15. The summed E-state index contributed by atoms with van der Waals surface area (Å²) in [6, 6.07) is 1.09. The van der Waals surface area contributed by atoms with E-state index in [4.69, 9.17) is 5.11 Å². The van der Waals surface area contributed by atoms with Crippen LogP contribution in [0, 0.1) is 6.92 Å². The molecule has 1 aromatic heterocycles. The van der Waals surface area contributed by atoms with E-state index in [0.29, 0.717) is 6.92 Å². The third-order valence-electron chi connectivity index (χ3n) is 2.22. The zero-order chi connectivity index (χ0) is 14.1. The van der Waals surface area contributed by atoms with Crippen LogP contribution in [0.1, 0.15) is 23.2 Å². The summed E-state index contributed by atoms with van der Waals surface area (Å²) in [5.74, 6) is -3.29. The Morgan fingerprint density at radius 3 is 2.33 bits per heavy atom. The van der Waals surface area contributed by atoms with Gasteiger partial charge in [0.25, 0.3) is 5.91 Å². The van der Waals surface area contributed by atoms with Gasteiger partial charge in [0.05, 0.1) is 0 Å². The number of carbonyl (C=O) groups is 2. The lowest BCUT2D eigenvalue weighted by Crippen LogP contribution is -2.61. The van der Waals surface area contributed by atoms with E-state index in [-0.39, 0.29) is 5.76 Å². The van der Waals surface area contributed by atoms with Crippen LogP contribution in [0.4, 0.5) is 13.2 Å². The maximum absolute atomic E-state index is 12.6. The molecule has 2 N–H and O–H groups in total. The summed E-state index contributed by atoms with van der Waals surface area (Å²) >= 11 is 0. The van der Waals surface area contributed by atoms with Crippen LogP contribution in [0.15, 0.2) is 10.6 Å². The van der Waals surface area contributed by atoms with Crippen LogP contribution in [0.5, 0.6) is 0 Å². The van der Waals surface area contributed by atoms with Crippen LogP contribution in [-0.4, -0.2) is 33.9 Å². The highest BCUT2D eigenvalue weighted by atomic mass is 19.4. The number of nitrogens with zero attached hydrogens (tertiary/aromatic N) is 1. The van der Waals surface area contributed by atoms with E-state index in [2.05, 4.69) is 9.68 Å². The third-order valence-corrected chi connectivity index (χ3v) is 2.22. The van der Waals surface area contributed by atoms with Gasteiger partial charge in [-0.25, -0.2) is 4.79 Å². The minimum absolute atomic E-state index is 0.212. The molecule has 1 rings (SSSR count). The number of alkyl halides is 3. The molecule has 0 aliphatic rings. The molecule has 1 amide bonds. The first-order valence-electron chi connectivity index (χ1n) is 4.64. The Balaban J connectivity index is 3.00. The van der Waals surface area contributed by atoms with E-state index < -0.39 is 29.3 Å². The maximum atomic E-state index is 12.6. The number of aromatic nitrogens is 1. The number of carboxylic acids is 1. The van der Waals surface area contributed by atoms with Crippen molar-refractivity contribution < 1.29 is 32.4 Å². The summed E-state index contributed by atoms with van der Waals surface area (Å²) in [6.45, 7) is 1.78. The lowest BCUT2D eigenvalue weighted by molar-refractivity contribution is -0.203. The number of halogens is 3. The molecule has 1 atom stereocenters. The molecule has 9 heteroatoms. The minimum Gasteiger partial charge on any atom is -0.479 e. The van der Waals surface area contributed by atoms with Gasteiger partial charge in [0.2, 0.25) is 5.54 Å². The molecule has 18 heavy (non-hydrogen) atoms. The second-order valence-electron chi connectivity index (χ2n) is 3.70. The molecule has 0 aliphatic carbocycles. The van der Waals surface area contributed by atoms with Crippen molar-refractivity contribution in [2.24, 2.45) is 0 Å². The SMILES string of the molecule is Cc1cc(C(=O)NC(C)(C(=O)O)C(F)(F)F)no1. The molecule has 0 aromatic carbocycles. The zero-order valence-electron chi connectivity index (χ0n) is 9.33. The Labute approximate surface area is 98.8 Å². The second-order valence-corrected chi connectivity index (χ2v) is 3.70. The number of hydrogen-bond donors (Lipinski definition) is 2. The van der Waals surface area contributed by atoms with Crippen LogP contribution < -0.4 is 5.32 Å². The van der Waals surface area contributed by atoms with Gasteiger partial charge < -0.3 is 14.9 Å². The number of aliphatic carboxylic acids is 1. The van der Waals surface area contributed by atoms with Gasteiger partial charge in [-0.3, -0.25) is 4.79 Å². The molecule has 1 heterocycles. The zero-order valence-corrected chi connectivity index (χ0v) is 9.33. The number of carbonyl (C=O) groups excluding carboxylic acids is 1. The van der Waals surface area contributed by atoms with Crippen molar-refractivity contribution in [2.75, 3.05) is 0 Å². The summed E-state index contributed by atoms with van der Waals surface area (Å²) in [7, 11) is 0. The van der Waals surface area contributed by atoms with Crippen LogP contribution in [0.25, 0.3) is 0 Å². The third kappa shape index (κ3) is 2.44. The van der Waals surface area contributed by atoms with E-state index in [9.17, 15) is 22.8 Å². The number of amides is 1. The van der Waals surface area contributed by atoms with Crippen LogP contribution >= 0.6 is 0 Å². The molecule has 0 fully saturated rings. The first-order chi connectivity index (χ1) is 8.08. The number of rotatable bonds is 3. The Morgan fingerprint density at radius 2 is 2.00 bits per heavy atom. The van der Waals surface area contributed by atoms with Gasteiger partial charge in [0, 0.05) is 6.07 Å². The molecule has 6 nitrogen and oxygen atoms in total. The number of aryl methyl sites for hydroxylation is 1. The van der Waals surface area contributed by atoms with E-state index in [1.54, 1.807) is 0 Å². The molecule has 0 spiro atoms. The lowest BCUT2D eigenvalue weighted by atomic mass is 10.0. The fraction of sp³-hybridized carbons (Fsp3) is 0.444. The molecular weight excluding hydrogens is 257 g/mol. The van der Waals surface area contributed by atoms with Gasteiger partial charge in [-0.2, -0.15) is 13.2 Å². The quantitative estimate of drug-likeness (QED) is 0.855. The summed E-state index contributed by atoms with van der Waals surface area (Å²) in [5.41, 5.74) is -3.82. The summed E-state index contributed by atoms with van der Waals surface area (Å²) < 4.78 is 42.3. The molecule has 0 radical (unpaired) electrons. The topological polar surface area (TPSA) is 92.4 Å². The van der Waals surface area contributed by atoms with Crippen molar-refractivity contribution in [1.29, 1.82) is 0 Å². The first-order valence-corrected chi connectivity index (χ1v) is 4.64. The van der Waals surface area contributed by atoms with Crippen molar-refractivity contribution in [3.63, 3.8) is 0 Å². The number of carboxylic acid groups (broad SMARTS) is 1. The standard InChI is InChI=1S/C9H9F3N2O4/c1-4-3-5(14-18-4)6(15)13-8(2,7(16)17)9(10,11)12/h3H,1-2H3,(H,13,15)(H,16,17). The van der Waals surface area contributed by atoms with Gasteiger partial charge in [0.15, 0.2) is 5.69 Å². The van der Waals surface area contributed by atoms with Gasteiger partial charge in [-0.1, -0.05) is 5.16 Å². The highest BCUT2D eigenvalue weighted by Gasteiger charge is 2.58. The maximum Gasteiger partial charge on any atom is 0.422 e. The lowest BCUT2D eigenvalue weighted by Gasteiger charge is -2.27. The predicted octanol–water partition coefficient (Wildman–Crippen LogP) is 1.12. The molecule has 0 bridgehead atoms. The van der Waals surface area contributed by atoms with Crippen molar-refractivity contribution >= 4 is 11.9 Å². The highest BCUT2D eigenvalue weighted by Crippen LogP contribution is 2.30. The molecule has 0 saturated carbocycles. The van der Waals surface area contributed by atoms with Gasteiger partial charge in [-0.05, 0) is 13.8 Å². The highest BCUT2D eigenvalue weighted by molar-refractivity contribution is 5.96. The number of nitrogens with one attached hydrogen (secondary N) is 1. The molecule has 0 aliphatic heterocycles. The van der Waals surface area contributed by atoms with E-state index in [1.807, 2.05) is 0 Å². The molecule has 1 unspecified atom stereocenters. The summed E-state index contributed by atoms with van der Waals surface area (Å²) in [5, 5.41) is 13.2. The Kier molecular flexibility index (Phi) is 3.36. The molecule has 1 aromatic rings. The Hall–Kier alpha value is -2.06. The largest absolute Gasteiger partial charge is 0.479 e. The van der Waals surface area contributed by atoms with Crippen molar-refractivity contribution in [2.45, 2.75) is 25.6 Å². The van der Waals surface area contributed by atoms with E-state index in [0.717, 1.165) is 6.07 Å². The smallest absolute Gasteiger partial charge is 0.422 e. The van der Waals surface area contributed by atoms with E-state index in [1.165, 1.54) is 12.2 Å². The van der Waals surface area contributed by atoms with Crippen LogP contribution in [0.3, 0.4) is 0 Å². The fourth-order valence-electron chi connectivity index (χ4n) is 1.01. The first kappa shape index (κ1) is 14.0. The van der Waals surface area contributed by atoms with Crippen molar-refractivity contribution in [3.8, 4) is 0 Å². The second kappa shape index (κ2) is 4.31. The van der Waals surface area contributed by atoms with Crippen LogP contribution in [-0.2, 0) is 4.79 Å². The Bertz CT molecular complexity index is 482. The van der Waals surface area contributed by atoms with Gasteiger partial charge in [0.1, 0.15) is 5.76 Å². The number of hydrogen-bond acceptors (Lipinski definition) is 4. The van der Waals surface area contributed by atoms with Gasteiger partial charge >= 0.3 is 12.1 Å². The average Bonchev–Trinajstić information content (AvgIpc) is 2.62. The average molecular weight is 266 g/mol.